The van der Waals surface area contributed by atoms with Gasteiger partial charge in [0.25, 0.3) is 5.91 Å². The molecule has 0 aromatic rings. The van der Waals surface area contributed by atoms with Gasteiger partial charge in [-0.25, -0.2) is 0 Å². The molecule has 2 saturated heterocycles. The van der Waals surface area contributed by atoms with Gasteiger partial charge in [0.05, 0.1) is 26.2 Å². The van der Waals surface area contributed by atoms with Crippen molar-refractivity contribution in [1.82, 2.24) is 4.90 Å². The first-order chi connectivity index (χ1) is 7.68. The van der Waals surface area contributed by atoms with Crippen molar-refractivity contribution >= 4 is 11.7 Å². The second-order valence-electron chi connectivity index (χ2n) is 4.30. The number of Topliss-reactive ketones (excluding diaryl/α,β-unsaturated/α-hetero) is 1. The summed E-state index contributed by atoms with van der Waals surface area (Å²) in [6, 6.07) is 0.590. The number of piperazine rings is 1. The van der Waals surface area contributed by atoms with Gasteiger partial charge < -0.3 is 9.80 Å². The minimum absolute atomic E-state index is 0.295. The van der Waals surface area contributed by atoms with Crippen LogP contribution in [-0.4, -0.2) is 48.8 Å². The van der Waals surface area contributed by atoms with E-state index in [1.54, 1.807) is 9.80 Å². The van der Waals surface area contributed by atoms with E-state index in [9.17, 15) is 9.59 Å². The van der Waals surface area contributed by atoms with Crippen molar-refractivity contribution in [2.24, 2.45) is 0 Å². The Morgan fingerprint density at radius 2 is 1.94 bits per heavy atom. The van der Waals surface area contributed by atoms with Crippen LogP contribution < -0.4 is 4.90 Å². The molecule has 0 aliphatic carbocycles. The van der Waals surface area contributed by atoms with Crippen LogP contribution in [0.1, 0.15) is 33.6 Å². The van der Waals surface area contributed by atoms with Crippen molar-refractivity contribution in [3.63, 3.8) is 0 Å². The number of nitrogens with zero attached hydrogens (tertiary/aromatic N) is 1. The highest BCUT2D eigenvalue weighted by Gasteiger charge is 2.36. The third kappa shape index (κ3) is 2.82. The molecule has 4 heteroatoms. The maximum absolute atomic E-state index is 11.5. The van der Waals surface area contributed by atoms with Crippen LogP contribution in [0.5, 0.6) is 0 Å². The Morgan fingerprint density at radius 3 is 2.56 bits per heavy atom. The molecule has 2 aliphatic rings. The standard InChI is InChI=1S/C10H16N2O2.C2H6/c1-8(13)10(14)12-6-5-11-4-2-3-9(11)7-12;1-2/h9H,2-7H2,1H3;1-2H3/p+1. The Labute approximate surface area is 97.6 Å². The highest BCUT2D eigenvalue weighted by Crippen LogP contribution is 2.06. The van der Waals surface area contributed by atoms with Crippen LogP contribution >= 0.6 is 0 Å². The van der Waals surface area contributed by atoms with Gasteiger partial charge in [-0.15, -0.1) is 0 Å². The number of rotatable bonds is 1. The van der Waals surface area contributed by atoms with Crippen LogP contribution in [0.2, 0.25) is 0 Å². The predicted molar refractivity (Wildman–Crippen MR) is 62.3 cm³/mol. The Morgan fingerprint density at radius 1 is 1.25 bits per heavy atom. The van der Waals surface area contributed by atoms with Gasteiger partial charge in [0, 0.05) is 19.8 Å². The second-order valence-corrected chi connectivity index (χ2v) is 4.30. The van der Waals surface area contributed by atoms with E-state index in [0.717, 1.165) is 19.6 Å². The van der Waals surface area contributed by atoms with Crippen LogP contribution in [0.3, 0.4) is 0 Å². The molecule has 2 aliphatic heterocycles. The quantitative estimate of drug-likeness (QED) is 0.613. The monoisotopic (exact) mass is 227 g/mol. The van der Waals surface area contributed by atoms with Gasteiger partial charge in [0.1, 0.15) is 6.04 Å². The summed E-state index contributed by atoms with van der Waals surface area (Å²) in [6.45, 7) is 9.16. The fraction of sp³-hybridized carbons (Fsp3) is 0.833. The molecule has 16 heavy (non-hydrogen) atoms. The largest absolute Gasteiger partial charge is 0.330 e. The zero-order valence-electron chi connectivity index (χ0n) is 10.6. The molecule has 0 saturated carbocycles. The topological polar surface area (TPSA) is 41.8 Å². The predicted octanol–water partition coefficient (Wildman–Crippen LogP) is -0.509. The minimum atomic E-state index is -0.327. The molecular weight excluding hydrogens is 204 g/mol. The van der Waals surface area contributed by atoms with Crippen molar-refractivity contribution in [3.8, 4) is 0 Å². The van der Waals surface area contributed by atoms with Gasteiger partial charge in [-0.2, -0.15) is 0 Å². The Bertz CT molecular complexity index is 266. The maximum Gasteiger partial charge on any atom is 0.290 e. The molecule has 2 unspecified atom stereocenters. The second kappa shape index (κ2) is 5.99. The third-order valence-corrected chi connectivity index (χ3v) is 3.36. The summed E-state index contributed by atoms with van der Waals surface area (Å²) < 4.78 is 0. The summed E-state index contributed by atoms with van der Waals surface area (Å²) in [6.07, 6.45) is 2.47. The molecule has 2 heterocycles. The molecule has 2 rings (SSSR count). The fourth-order valence-electron chi connectivity index (χ4n) is 2.58. The highest BCUT2D eigenvalue weighted by molar-refractivity contribution is 6.35. The number of nitrogens with one attached hydrogen (secondary N) is 1. The molecule has 0 spiro atoms. The molecule has 2 atom stereocenters. The van der Waals surface area contributed by atoms with Gasteiger partial charge in [0.15, 0.2) is 0 Å². The number of hydrogen-bond acceptors (Lipinski definition) is 2. The smallest absolute Gasteiger partial charge is 0.290 e. The lowest BCUT2D eigenvalue weighted by atomic mass is 10.1. The Balaban J connectivity index is 0.000000606. The first-order valence-corrected chi connectivity index (χ1v) is 6.33. The number of carbonyl (C=O) groups is 2. The molecule has 0 aromatic carbocycles. The Kier molecular flexibility index (Phi) is 4.93. The number of amides is 1. The average Bonchev–Trinajstić information content (AvgIpc) is 2.77. The number of ketones is 1. The molecule has 2 fully saturated rings. The van der Waals surface area contributed by atoms with Gasteiger partial charge in [-0.05, 0) is 0 Å². The van der Waals surface area contributed by atoms with E-state index in [4.69, 9.17) is 0 Å². The lowest BCUT2D eigenvalue weighted by Crippen LogP contribution is -3.16. The van der Waals surface area contributed by atoms with Crippen molar-refractivity contribution in [3.05, 3.63) is 0 Å². The maximum atomic E-state index is 11.5. The van der Waals surface area contributed by atoms with Gasteiger partial charge >= 0.3 is 0 Å². The number of carbonyl (C=O) groups excluding carboxylic acids is 2. The van der Waals surface area contributed by atoms with Crippen LogP contribution in [0, 0.1) is 0 Å². The van der Waals surface area contributed by atoms with Crippen LogP contribution in [0.25, 0.3) is 0 Å². The lowest BCUT2D eigenvalue weighted by Gasteiger charge is -2.34. The summed E-state index contributed by atoms with van der Waals surface area (Å²) in [5.41, 5.74) is 0. The van der Waals surface area contributed by atoms with Crippen molar-refractivity contribution in [2.45, 2.75) is 39.7 Å². The summed E-state index contributed by atoms with van der Waals surface area (Å²) in [5, 5.41) is 0. The van der Waals surface area contributed by atoms with E-state index in [2.05, 4.69) is 0 Å². The summed E-state index contributed by atoms with van der Waals surface area (Å²) in [5.74, 6) is -0.623. The summed E-state index contributed by atoms with van der Waals surface area (Å²) >= 11 is 0. The first kappa shape index (κ1) is 13.2. The molecular formula is C12H23N2O2+. The molecule has 0 aromatic heterocycles. The lowest BCUT2D eigenvalue weighted by molar-refractivity contribution is -0.916. The minimum Gasteiger partial charge on any atom is -0.330 e. The molecule has 92 valence electrons. The number of fused-ring (bicyclic) bond motifs is 1. The van der Waals surface area contributed by atoms with E-state index in [1.165, 1.54) is 26.3 Å². The molecule has 1 N–H and O–H groups in total. The normalized spacial score (nSPS) is 27.8. The number of hydrogen-bond donors (Lipinski definition) is 1. The van der Waals surface area contributed by atoms with E-state index in [1.807, 2.05) is 13.8 Å². The van der Waals surface area contributed by atoms with Crippen LogP contribution in [0.15, 0.2) is 0 Å². The fourth-order valence-corrected chi connectivity index (χ4v) is 2.58. The van der Waals surface area contributed by atoms with Crippen molar-refractivity contribution in [2.75, 3.05) is 26.2 Å². The molecule has 0 radical (unpaired) electrons. The van der Waals surface area contributed by atoms with Crippen molar-refractivity contribution in [1.29, 1.82) is 0 Å². The first-order valence-electron chi connectivity index (χ1n) is 6.33. The van der Waals surface area contributed by atoms with Crippen LogP contribution in [-0.2, 0) is 9.59 Å². The van der Waals surface area contributed by atoms with Gasteiger partial charge in [0.2, 0.25) is 5.78 Å². The highest BCUT2D eigenvalue weighted by atomic mass is 16.2. The zero-order chi connectivity index (χ0) is 12.1. The van der Waals surface area contributed by atoms with E-state index in [0.29, 0.717) is 6.04 Å². The Hall–Kier alpha value is -0.900. The molecule has 1 amide bonds. The van der Waals surface area contributed by atoms with Gasteiger partial charge in [-0.1, -0.05) is 13.8 Å². The number of quaternary nitrogens is 1. The third-order valence-electron chi connectivity index (χ3n) is 3.36. The van der Waals surface area contributed by atoms with E-state index >= 15 is 0 Å². The molecule has 4 nitrogen and oxygen atoms in total. The van der Waals surface area contributed by atoms with Crippen molar-refractivity contribution < 1.29 is 14.5 Å². The van der Waals surface area contributed by atoms with E-state index < -0.39 is 0 Å². The zero-order valence-corrected chi connectivity index (χ0v) is 10.6. The summed E-state index contributed by atoms with van der Waals surface area (Å²) in [4.78, 5) is 25.7. The average molecular weight is 227 g/mol. The van der Waals surface area contributed by atoms with Gasteiger partial charge in [-0.3, -0.25) is 9.59 Å². The SMILES string of the molecule is CC.CC(=O)C(=O)N1CC[NH+]2CCCC2C1. The van der Waals surface area contributed by atoms with Crippen LogP contribution in [0.4, 0.5) is 0 Å². The summed E-state index contributed by atoms with van der Waals surface area (Å²) in [7, 11) is 0. The van der Waals surface area contributed by atoms with E-state index in [-0.39, 0.29) is 11.7 Å². The molecule has 0 bridgehead atoms.